The number of aromatic nitrogens is 2. The molecule has 0 saturated heterocycles. The number of esters is 1. The van der Waals surface area contributed by atoms with E-state index in [0.29, 0.717) is 18.2 Å². The molecule has 0 radical (unpaired) electrons. The first-order chi connectivity index (χ1) is 15.5. The Labute approximate surface area is 197 Å². The van der Waals surface area contributed by atoms with E-state index in [0.717, 1.165) is 37.6 Å². The zero-order valence-electron chi connectivity index (χ0n) is 18.3. The van der Waals surface area contributed by atoms with E-state index in [2.05, 4.69) is 40.0 Å². The number of hydrogen-bond acceptors (Lipinski definition) is 4. The SMILES string of the molecule is CCOC(=O)C(CC)c1cccc(Sc2cn(-c3ccc(Cl)nc3C)c3ccccc23)c1. The number of nitrogens with zero attached hydrogens (tertiary/aromatic N) is 2. The summed E-state index contributed by atoms with van der Waals surface area (Å²) >= 11 is 7.76. The molecule has 0 aliphatic rings. The first-order valence-corrected chi connectivity index (χ1v) is 11.9. The van der Waals surface area contributed by atoms with Crippen molar-refractivity contribution in [2.75, 3.05) is 6.61 Å². The molecule has 164 valence electrons. The third kappa shape index (κ3) is 4.54. The maximum Gasteiger partial charge on any atom is 0.313 e. The fraction of sp³-hybridized carbons (Fsp3) is 0.231. The molecule has 32 heavy (non-hydrogen) atoms. The first kappa shape index (κ1) is 22.4. The molecular weight excluding hydrogens is 440 g/mol. The van der Waals surface area contributed by atoms with Crippen LogP contribution in [0.4, 0.5) is 0 Å². The molecule has 0 saturated carbocycles. The van der Waals surface area contributed by atoms with Crippen LogP contribution in [0.2, 0.25) is 5.15 Å². The summed E-state index contributed by atoms with van der Waals surface area (Å²) in [4.78, 5) is 19.0. The number of para-hydroxylation sites is 1. The van der Waals surface area contributed by atoms with Gasteiger partial charge in [0.2, 0.25) is 0 Å². The molecule has 2 heterocycles. The molecule has 0 spiro atoms. The molecule has 2 aromatic heterocycles. The Morgan fingerprint density at radius 1 is 1.12 bits per heavy atom. The minimum atomic E-state index is -0.250. The Kier molecular flexibility index (Phi) is 6.87. The highest BCUT2D eigenvalue weighted by Gasteiger charge is 2.20. The normalized spacial score (nSPS) is 12.1. The van der Waals surface area contributed by atoms with Gasteiger partial charge in [-0.1, -0.05) is 60.6 Å². The minimum Gasteiger partial charge on any atom is -0.466 e. The van der Waals surface area contributed by atoms with Crippen molar-refractivity contribution >= 4 is 40.2 Å². The molecule has 4 aromatic rings. The van der Waals surface area contributed by atoms with Gasteiger partial charge in [-0.15, -0.1) is 0 Å². The zero-order chi connectivity index (χ0) is 22.7. The monoisotopic (exact) mass is 464 g/mol. The maximum atomic E-state index is 12.4. The quantitative estimate of drug-likeness (QED) is 0.214. The number of halogens is 1. The van der Waals surface area contributed by atoms with Crippen LogP contribution < -0.4 is 0 Å². The van der Waals surface area contributed by atoms with E-state index in [-0.39, 0.29) is 11.9 Å². The molecule has 0 bridgehead atoms. The highest BCUT2D eigenvalue weighted by atomic mass is 35.5. The van der Waals surface area contributed by atoms with Crippen molar-refractivity contribution in [1.82, 2.24) is 9.55 Å². The summed E-state index contributed by atoms with van der Waals surface area (Å²) in [5.74, 6) is -0.418. The van der Waals surface area contributed by atoms with E-state index in [9.17, 15) is 4.79 Å². The highest BCUT2D eigenvalue weighted by Crippen LogP contribution is 2.38. The number of hydrogen-bond donors (Lipinski definition) is 0. The minimum absolute atomic E-state index is 0.167. The number of aryl methyl sites for hydroxylation is 1. The number of benzene rings is 2. The van der Waals surface area contributed by atoms with E-state index < -0.39 is 0 Å². The average molecular weight is 465 g/mol. The van der Waals surface area contributed by atoms with Crippen molar-refractivity contribution in [1.29, 1.82) is 0 Å². The van der Waals surface area contributed by atoms with Gasteiger partial charge in [-0.2, -0.15) is 0 Å². The zero-order valence-corrected chi connectivity index (χ0v) is 19.9. The Bertz CT molecular complexity index is 1270. The molecule has 0 N–H and O–H groups in total. The predicted molar refractivity (Wildman–Crippen MR) is 131 cm³/mol. The van der Waals surface area contributed by atoms with Gasteiger partial charge in [-0.3, -0.25) is 4.79 Å². The van der Waals surface area contributed by atoms with E-state index in [4.69, 9.17) is 16.3 Å². The van der Waals surface area contributed by atoms with Crippen molar-refractivity contribution < 1.29 is 9.53 Å². The molecule has 1 atom stereocenters. The molecule has 2 aromatic carbocycles. The molecule has 4 nitrogen and oxygen atoms in total. The molecule has 0 aliphatic carbocycles. The fourth-order valence-corrected chi connectivity index (χ4v) is 5.14. The summed E-state index contributed by atoms with van der Waals surface area (Å²) in [6.07, 6.45) is 2.84. The number of rotatable bonds is 7. The lowest BCUT2D eigenvalue weighted by molar-refractivity contribution is -0.145. The molecule has 6 heteroatoms. The number of fused-ring (bicyclic) bond motifs is 1. The second-order valence-electron chi connectivity index (χ2n) is 7.51. The Hall–Kier alpha value is -2.76. The maximum absolute atomic E-state index is 12.4. The number of carbonyl (C=O) groups is 1. The largest absolute Gasteiger partial charge is 0.466 e. The van der Waals surface area contributed by atoms with Crippen LogP contribution in [-0.2, 0) is 9.53 Å². The summed E-state index contributed by atoms with van der Waals surface area (Å²) in [7, 11) is 0. The van der Waals surface area contributed by atoms with Gasteiger partial charge in [0.15, 0.2) is 0 Å². The van der Waals surface area contributed by atoms with Crippen molar-refractivity contribution in [2.24, 2.45) is 0 Å². The predicted octanol–water partition coefficient (Wildman–Crippen LogP) is 7.20. The van der Waals surface area contributed by atoms with E-state index >= 15 is 0 Å². The van der Waals surface area contributed by atoms with Crippen LogP contribution in [0.1, 0.15) is 37.4 Å². The van der Waals surface area contributed by atoms with Gasteiger partial charge < -0.3 is 9.30 Å². The topological polar surface area (TPSA) is 44.1 Å². The van der Waals surface area contributed by atoms with Gasteiger partial charge in [0, 0.05) is 21.4 Å². The first-order valence-electron chi connectivity index (χ1n) is 10.7. The van der Waals surface area contributed by atoms with E-state index in [1.807, 2.05) is 57.2 Å². The molecule has 4 rings (SSSR count). The second kappa shape index (κ2) is 9.80. The smallest absolute Gasteiger partial charge is 0.313 e. The summed E-state index contributed by atoms with van der Waals surface area (Å²) in [6.45, 7) is 6.21. The number of ether oxygens (including phenoxy) is 1. The van der Waals surface area contributed by atoms with Crippen molar-refractivity contribution in [3.8, 4) is 5.69 Å². The summed E-state index contributed by atoms with van der Waals surface area (Å²) < 4.78 is 7.43. The molecule has 0 fully saturated rings. The molecule has 0 aliphatic heterocycles. The standard InChI is InChI=1S/C26H25ClN2O2S/c1-4-20(26(30)31-5-2)18-9-8-10-19(15-18)32-24-16-29(23-12-7-6-11-21(23)24)22-13-14-25(27)28-17(22)3/h6-16,20H,4-5H2,1-3H3. The van der Waals surface area contributed by atoms with Gasteiger partial charge >= 0.3 is 5.97 Å². The summed E-state index contributed by atoms with van der Waals surface area (Å²) in [5.41, 5.74) is 3.96. The van der Waals surface area contributed by atoms with Crippen LogP contribution in [0.3, 0.4) is 0 Å². The second-order valence-corrected chi connectivity index (χ2v) is 9.01. The average Bonchev–Trinajstić information content (AvgIpc) is 3.13. The Balaban J connectivity index is 1.72. The Morgan fingerprint density at radius 3 is 2.69 bits per heavy atom. The van der Waals surface area contributed by atoms with E-state index in [1.54, 1.807) is 11.8 Å². The fourth-order valence-electron chi connectivity index (χ4n) is 3.91. The lowest BCUT2D eigenvalue weighted by Gasteiger charge is -2.14. The van der Waals surface area contributed by atoms with Gasteiger partial charge in [0.1, 0.15) is 5.15 Å². The van der Waals surface area contributed by atoms with Crippen LogP contribution in [0.5, 0.6) is 0 Å². The Morgan fingerprint density at radius 2 is 1.94 bits per heavy atom. The van der Waals surface area contributed by atoms with Crippen LogP contribution in [-0.4, -0.2) is 22.1 Å². The summed E-state index contributed by atoms with van der Waals surface area (Å²) in [6, 6.07) is 20.3. The van der Waals surface area contributed by atoms with Crippen LogP contribution in [0.25, 0.3) is 16.6 Å². The van der Waals surface area contributed by atoms with Crippen LogP contribution in [0, 0.1) is 6.92 Å². The molecule has 1 unspecified atom stereocenters. The van der Waals surface area contributed by atoms with Crippen molar-refractivity contribution in [3.05, 3.63) is 83.3 Å². The van der Waals surface area contributed by atoms with Crippen molar-refractivity contribution in [2.45, 2.75) is 42.9 Å². The van der Waals surface area contributed by atoms with Crippen LogP contribution in [0.15, 0.2) is 76.7 Å². The van der Waals surface area contributed by atoms with E-state index in [1.165, 1.54) is 0 Å². The number of carbonyl (C=O) groups excluding carboxylic acids is 1. The van der Waals surface area contributed by atoms with Crippen molar-refractivity contribution in [3.63, 3.8) is 0 Å². The van der Waals surface area contributed by atoms with Crippen LogP contribution >= 0.6 is 23.4 Å². The van der Waals surface area contributed by atoms with Gasteiger partial charge in [0.25, 0.3) is 0 Å². The molecule has 0 amide bonds. The van der Waals surface area contributed by atoms with Gasteiger partial charge in [-0.25, -0.2) is 4.98 Å². The lowest BCUT2D eigenvalue weighted by atomic mass is 9.97. The number of pyridine rings is 1. The lowest BCUT2D eigenvalue weighted by Crippen LogP contribution is -2.15. The third-order valence-electron chi connectivity index (χ3n) is 5.43. The summed E-state index contributed by atoms with van der Waals surface area (Å²) in [5, 5.41) is 1.65. The third-order valence-corrected chi connectivity index (χ3v) is 6.67. The molecular formula is C26H25ClN2O2S. The highest BCUT2D eigenvalue weighted by molar-refractivity contribution is 7.99. The van der Waals surface area contributed by atoms with Gasteiger partial charge in [0.05, 0.1) is 29.4 Å². The van der Waals surface area contributed by atoms with Gasteiger partial charge in [-0.05, 0) is 56.2 Å².